The summed E-state index contributed by atoms with van der Waals surface area (Å²) < 4.78 is 0. The number of carbonyl (C=O) groups excluding carboxylic acids is 1. The topological polar surface area (TPSA) is 42.0 Å². The molecule has 4 heteroatoms. The van der Waals surface area contributed by atoms with Crippen molar-refractivity contribution in [2.24, 2.45) is 0 Å². The molecule has 0 fully saturated rings. The fourth-order valence-electron chi connectivity index (χ4n) is 3.52. The van der Waals surface area contributed by atoms with Gasteiger partial charge in [-0.3, -0.25) is 4.79 Å². The van der Waals surface area contributed by atoms with Crippen molar-refractivity contribution >= 4 is 33.1 Å². The summed E-state index contributed by atoms with van der Waals surface area (Å²) in [5, 5.41) is 6.13. The lowest BCUT2D eigenvalue weighted by Gasteiger charge is -2.04. The highest BCUT2D eigenvalue weighted by molar-refractivity contribution is 7.20. The number of aryl methyl sites for hydroxylation is 1. The molecule has 0 bridgehead atoms. The first-order valence-electron chi connectivity index (χ1n) is 8.58. The van der Waals surface area contributed by atoms with Gasteiger partial charge in [-0.05, 0) is 23.3 Å². The molecule has 0 unspecified atom stereocenters. The van der Waals surface area contributed by atoms with E-state index in [-0.39, 0.29) is 5.91 Å². The van der Waals surface area contributed by atoms with Gasteiger partial charge in [-0.2, -0.15) is 0 Å². The third-order valence-electron chi connectivity index (χ3n) is 4.76. The summed E-state index contributed by atoms with van der Waals surface area (Å²) >= 11 is 1.55. The minimum atomic E-state index is -0.0345. The van der Waals surface area contributed by atoms with Crippen LogP contribution in [0.3, 0.4) is 0 Å². The minimum absolute atomic E-state index is 0.0345. The Morgan fingerprint density at radius 3 is 2.50 bits per heavy atom. The number of fused-ring (bicyclic) bond motifs is 3. The van der Waals surface area contributed by atoms with Gasteiger partial charge in [0.05, 0.1) is 17.0 Å². The normalized spacial score (nSPS) is 11.6. The van der Waals surface area contributed by atoms with Crippen LogP contribution in [-0.4, -0.2) is 10.9 Å². The Hall–Kier alpha value is -2.98. The molecule has 1 aliphatic rings. The van der Waals surface area contributed by atoms with Crippen molar-refractivity contribution < 1.29 is 4.79 Å². The SMILES string of the molecule is Cc1ccc(CC(=O)Nc2nc3c(s2)-c2cccc4cccc-3c24)cc1. The summed E-state index contributed by atoms with van der Waals surface area (Å²) in [6, 6.07) is 20.7. The molecule has 4 aromatic rings. The highest BCUT2D eigenvalue weighted by atomic mass is 32.1. The Bertz CT molecular complexity index is 1100. The smallest absolute Gasteiger partial charge is 0.230 e. The van der Waals surface area contributed by atoms with Crippen LogP contribution in [-0.2, 0) is 11.2 Å². The maximum absolute atomic E-state index is 12.4. The molecule has 3 aromatic carbocycles. The number of anilines is 1. The van der Waals surface area contributed by atoms with Gasteiger partial charge >= 0.3 is 0 Å². The van der Waals surface area contributed by atoms with Gasteiger partial charge in [-0.15, -0.1) is 0 Å². The molecule has 1 amide bonds. The van der Waals surface area contributed by atoms with Crippen LogP contribution < -0.4 is 5.32 Å². The molecule has 126 valence electrons. The van der Waals surface area contributed by atoms with E-state index in [1.165, 1.54) is 21.9 Å². The van der Waals surface area contributed by atoms with Gasteiger partial charge in [-0.25, -0.2) is 4.98 Å². The highest BCUT2D eigenvalue weighted by Gasteiger charge is 2.25. The summed E-state index contributed by atoms with van der Waals surface area (Å²) in [7, 11) is 0. The van der Waals surface area contributed by atoms with Gasteiger partial charge in [-0.1, -0.05) is 77.6 Å². The lowest BCUT2D eigenvalue weighted by Crippen LogP contribution is -2.14. The molecule has 0 aliphatic heterocycles. The number of benzene rings is 3. The number of carbonyl (C=O) groups is 1. The zero-order valence-electron chi connectivity index (χ0n) is 14.2. The number of hydrogen-bond acceptors (Lipinski definition) is 3. The number of aromatic nitrogens is 1. The Balaban J connectivity index is 1.43. The Morgan fingerprint density at radius 2 is 1.73 bits per heavy atom. The lowest BCUT2D eigenvalue weighted by atomic mass is 10.0. The maximum atomic E-state index is 12.4. The lowest BCUT2D eigenvalue weighted by molar-refractivity contribution is -0.115. The van der Waals surface area contributed by atoms with Crippen molar-refractivity contribution in [3.8, 4) is 21.7 Å². The molecule has 1 N–H and O–H groups in total. The number of thiazole rings is 1. The number of nitrogens with one attached hydrogen (secondary N) is 1. The fourth-order valence-corrected chi connectivity index (χ4v) is 4.55. The predicted octanol–water partition coefficient (Wildman–Crippen LogP) is 5.43. The van der Waals surface area contributed by atoms with Gasteiger partial charge in [0.25, 0.3) is 0 Å². The van der Waals surface area contributed by atoms with Crippen LogP contribution >= 0.6 is 11.3 Å². The highest BCUT2D eigenvalue weighted by Crippen LogP contribution is 2.50. The van der Waals surface area contributed by atoms with Crippen molar-refractivity contribution in [3.63, 3.8) is 0 Å². The van der Waals surface area contributed by atoms with Crippen molar-refractivity contribution in [1.82, 2.24) is 4.98 Å². The fraction of sp³-hybridized carbons (Fsp3) is 0.0909. The van der Waals surface area contributed by atoms with E-state index in [9.17, 15) is 4.79 Å². The van der Waals surface area contributed by atoms with E-state index in [4.69, 9.17) is 4.98 Å². The second-order valence-corrected chi connectivity index (χ2v) is 7.62. The third-order valence-corrected chi connectivity index (χ3v) is 5.77. The van der Waals surface area contributed by atoms with Gasteiger partial charge in [0.1, 0.15) is 0 Å². The summed E-state index contributed by atoms with van der Waals surface area (Å²) in [5.41, 5.74) is 5.55. The van der Waals surface area contributed by atoms with E-state index in [2.05, 4.69) is 41.7 Å². The molecule has 0 atom stereocenters. The molecule has 0 saturated carbocycles. The predicted molar refractivity (Wildman–Crippen MR) is 108 cm³/mol. The van der Waals surface area contributed by atoms with Gasteiger partial charge in [0.15, 0.2) is 5.13 Å². The first kappa shape index (κ1) is 15.3. The molecular weight excluding hydrogens is 340 g/mol. The number of nitrogens with zero attached hydrogens (tertiary/aromatic N) is 1. The summed E-state index contributed by atoms with van der Waals surface area (Å²) in [6.07, 6.45) is 0.358. The number of rotatable bonds is 3. The van der Waals surface area contributed by atoms with E-state index in [1.54, 1.807) is 11.3 Å². The number of amides is 1. The van der Waals surface area contributed by atoms with E-state index < -0.39 is 0 Å². The largest absolute Gasteiger partial charge is 0.302 e. The van der Waals surface area contributed by atoms with Gasteiger partial charge in [0.2, 0.25) is 5.91 Å². The zero-order chi connectivity index (χ0) is 17.7. The monoisotopic (exact) mass is 356 g/mol. The first-order valence-corrected chi connectivity index (χ1v) is 9.39. The summed E-state index contributed by atoms with van der Waals surface area (Å²) in [5.74, 6) is -0.0345. The van der Waals surface area contributed by atoms with Crippen LogP contribution in [0.1, 0.15) is 11.1 Å². The quantitative estimate of drug-likeness (QED) is 0.468. The van der Waals surface area contributed by atoms with Crippen LogP contribution in [0.25, 0.3) is 32.5 Å². The molecule has 1 heterocycles. The molecule has 0 spiro atoms. The Labute approximate surface area is 155 Å². The average molecular weight is 356 g/mol. The minimum Gasteiger partial charge on any atom is -0.302 e. The molecule has 26 heavy (non-hydrogen) atoms. The molecular formula is C22H16N2OS. The summed E-state index contributed by atoms with van der Waals surface area (Å²) in [6.45, 7) is 2.04. The molecule has 0 radical (unpaired) electrons. The van der Waals surface area contributed by atoms with Crippen molar-refractivity contribution in [2.45, 2.75) is 13.3 Å². The van der Waals surface area contributed by atoms with Crippen LogP contribution in [0.2, 0.25) is 0 Å². The van der Waals surface area contributed by atoms with Gasteiger partial charge in [0, 0.05) is 11.1 Å². The first-order chi connectivity index (χ1) is 12.7. The maximum Gasteiger partial charge on any atom is 0.230 e. The molecule has 3 nitrogen and oxygen atoms in total. The van der Waals surface area contributed by atoms with Crippen LogP contribution in [0.5, 0.6) is 0 Å². The molecule has 1 aliphatic carbocycles. The van der Waals surface area contributed by atoms with E-state index in [0.29, 0.717) is 11.6 Å². The summed E-state index contributed by atoms with van der Waals surface area (Å²) in [4.78, 5) is 18.2. The molecule has 1 aromatic heterocycles. The van der Waals surface area contributed by atoms with E-state index in [0.717, 1.165) is 21.7 Å². The average Bonchev–Trinajstić information content (AvgIpc) is 3.17. The van der Waals surface area contributed by atoms with E-state index >= 15 is 0 Å². The van der Waals surface area contributed by atoms with Crippen molar-refractivity contribution in [2.75, 3.05) is 5.32 Å². The second-order valence-electron chi connectivity index (χ2n) is 6.62. The Morgan fingerprint density at radius 1 is 1.00 bits per heavy atom. The van der Waals surface area contributed by atoms with Gasteiger partial charge < -0.3 is 5.32 Å². The zero-order valence-corrected chi connectivity index (χ0v) is 15.1. The van der Waals surface area contributed by atoms with Crippen LogP contribution in [0.15, 0.2) is 60.7 Å². The van der Waals surface area contributed by atoms with Crippen LogP contribution in [0, 0.1) is 6.92 Å². The molecule has 0 saturated heterocycles. The standard InChI is InChI=1S/C22H16N2OS/c1-13-8-10-14(11-9-13)12-18(25)23-22-24-20-16-6-2-4-15-5-3-7-17(19(15)16)21(20)26-22/h2-11H,12H2,1H3,(H,23,24,25). The van der Waals surface area contributed by atoms with Crippen molar-refractivity contribution in [3.05, 3.63) is 71.8 Å². The number of hydrogen-bond donors (Lipinski definition) is 1. The molecule has 5 rings (SSSR count). The van der Waals surface area contributed by atoms with E-state index in [1.807, 2.05) is 31.2 Å². The van der Waals surface area contributed by atoms with Crippen LogP contribution in [0.4, 0.5) is 5.13 Å². The second kappa shape index (κ2) is 5.78. The Kier molecular flexibility index (Phi) is 3.40. The van der Waals surface area contributed by atoms with Crippen molar-refractivity contribution in [1.29, 1.82) is 0 Å². The third kappa shape index (κ3) is 2.42.